The minimum Gasteiger partial charge on any atom is -0.472 e. The Hall–Kier alpha value is -1.61. The Morgan fingerprint density at radius 3 is 2.40 bits per heavy atom. The van der Waals surface area contributed by atoms with E-state index in [1.54, 1.807) is 24.7 Å². The third kappa shape index (κ3) is 2.07. The number of furan rings is 1. The van der Waals surface area contributed by atoms with Crippen LogP contribution in [0.15, 0.2) is 47.3 Å². The summed E-state index contributed by atoms with van der Waals surface area (Å²) in [5.74, 6) is -0.221. The number of halogens is 1. The summed E-state index contributed by atoms with van der Waals surface area (Å²) >= 11 is 0. The molecule has 2 nitrogen and oxygen atoms in total. The van der Waals surface area contributed by atoms with Gasteiger partial charge < -0.3 is 9.73 Å². The third-order valence-corrected chi connectivity index (χ3v) is 2.37. The second-order valence-electron chi connectivity index (χ2n) is 3.33. The second kappa shape index (κ2) is 4.28. The van der Waals surface area contributed by atoms with Crippen LogP contribution >= 0.6 is 0 Å². The predicted molar refractivity (Wildman–Crippen MR) is 56.0 cm³/mol. The molecule has 0 aliphatic heterocycles. The molecule has 1 atom stereocenters. The van der Waals surface area contributed by atoms with Gasteiger partial charge in [0.15, 0.2) is 0 Å². The first-order valence-electron chi connectivity index (χ1n) is 4.76. The lowest BCUT2D eigenvalue weighted by molar-refractivity contribution is 0.557. The summed E-state index contributed by atoms with van der Waals surface area (Å²) in [4.78, 5) is 0. The number of hydrogen-bond donors (Lipinski definition) is 1. The molecule has 0 aliphatic rings. The highest BCUT2D eigenvalue weighted by atomic mass is 19.1. The van der Waals surface area contributed by atoms with Gasteiger partial charge >= 0.3 is 0 Å². The van der Waals surface area contributed by atoms with Gasteiger partial charge in [-0.15, -0.1) is 0 Å². The molecule has 1 N–H and O–H groups in total. The monoisotopic (exact) mass is 205 g/mol. The number of hydrogen-bond acceptors (Lipinski definition) is 2. The van der Waals surface area contributed by atoms with E-state index in [4.69, 9.17) is 4.42 Å². The first-order chi connectivity index (χ1) is 7.31. The Kier molecular flexibility index (Phi) is 2.83. The molecule has 3 heteroatoms. The minimum atomic E-state index is -0.221. The summed E-state index contributed by atoms with van der Waals surface area (Å²) in [5, 5.41) is 3.16. The van der Waals surface area contributed by atoms with Gasteiger partial charge in [0.2, 0.25) is 0 Å². The normalized spacial score (nSPS) is 12.7. The molecule has 0 spiro atoms. The summed E-state index contributed by atoms with van der Waals surface area (Å²) in [7, 11) is 1.86. The molecular formula is C12H12FNO. The molecule has 0 amide bonds. The van der Waals surface area contributed by atoms with Crippen molar-refractivity contribution in [2.24, 2.45) is 0 Å². The molecule has 78 valence electrons. The van der Waals surface area contributed by atoms with Crippen LogP contribution in [0.2, 0.25) is 0 Å². The molecular weight excluding hydrogens is 193 g/mol. The van der Waals surface area contributed by atoms with Gasteiger partial charge in [-0.2, -0.15) is 0 Å². The smallest absolute Gasteiger partial charge is 0.123 e. The van der Waals surface area contributed by atoms with Crippen LogP contribution in [0.5, 0.6) is 0 Å². The highest BCUT2D eigenvalue weighted by Crippen LogP contribution is 2.21. The van der Waals surface area contributed by atoms with Crippen molar-refractivity contribution in [1.29, 1.82) is 0 Å². The maximum Gasteiger partial charge on any atom is 0.123 e. The van der Waals surface area contributed by atoms with Crippen molar-refractivity contribution in [3.05, 3.63) is 59.8 Å². The summed E-state index contributed by atoms with van der Waals surface area (Å²) in [6, 6.07) is 8.39. The number of nitrogens with one attached hydrogen (secondary N) is 1. The van der Waals surface area contributed by atoms with E-state index < -0.39 is 0 Å². The summed E-state index contributed by atoms with van der Waals surface area (Å²) in [6.45, 7) is 0. The van der Waals surface area contributed by atoms with Gasteiger partial charge in [0.1, 0.15) is 5.82 Å². The standard InChI is InChI=1S/C12H12FNO/c1-14-12(10-6-7-15-8-10)9-2-4-11(13)5-3-9/h2-8,12,14H,1H3. The van der Waals surface area contributed by atoms with Crippen molar-refractivity contribution >= 4 is 0 Å². The van der Waals surface area contributed by atoms with E-state index >= 15 is 0 Å². The largest absolute Gasteiger partial charge is 0.472 e. The number of rotatable bonds is 3. The Bertz CT molecular complexity index is 408. The van der Waals surface area contributed by atoms with Gasteiger partial charge in [-0.05, 0) is 30.8 Å². The molecule has 0 radical (unpaired) electrons. The summed E-state index contributed by atoms with van der Waals surface area (Å²) in [6.07, 6.45) is 3.31. The molecule has 1 aromatic carbocycles. The molecule has 0 fully saturated rings. The van der Waals surface area contributed by atoms with E-state index in [0.717, 1.165) is 11.1 Å². The van der Waals surface area contributed by atoms with Gasteiger partial charge in [-0.3, -0.25) is 0 Å². The maximum atomic E-state index is 12.8. The predicted octanol–water partition coefficient (Wildman–Crippen LogP) is 2.73. The average Bonchev–Trinajstić information content (AvgIpc) is 2.75. The molecule has 0 saturated carbocycles. The SMILES string of the molecule is CNC(c1ccc(F)cc1)c1ccoc1. The van der Waals surface area contributed by atoms with Crippen LogP contribution in [0.4, 0.5) is 4.39 Å². The molecule has 1 unspecified atom stereocenters. The van der Waals surface area contributed by atoms with Gasteiger partial charge in [0.25, 0.3) is 0 Å². The Balaban J connectivity index is 2.31. The van der Waals surface area contributed by atoms with Gasteiger partial charge in [0, 0.05) is 5.56 Å². The third-order valence-electron chi connectivity index (χ3n) is 2.37. The highest BCUT2D eigenvalue weighted by molar-refractivity contribution is 5.29. The molecule has 2 rings (SSSR count). The molecule has 0 bridgehead atoms. The second-order valence-corrected chi connectivity index (χ2v) is 3.33. The van der Waals surface area contributed by atoms with Crippen LogP contribution in [0.3, 0.4) is 0 Å². The van der Waals surface area contributed by atoms with Crippen molar-refractivity contribution in [3.63, 3.8) is 0 Å². The zero-order valence-corrected chi connectivity index (χ0v) is 8.41. The lowest BCUT2D eigenvalue weighted by atomic mass is 10.0. The van der Waals surface area contributed by atoms with Crippen LogP contribution in [0.25, 0.3) is 0 Å². The lowest BCUT2D eigenvalue weighted by Crippen LogP contribution is -2.16. The van der Waals surface area contributed by atoms with Crippen molar-refractivity contribution in [2.75, 3.05) is 7.05 Å². The van der Waals surface area contributed by atoms with E-state index in [1.165, 1.54) is 12.1 Å². The molecule has 0 saturated heterocycles. The van der Waals surface area contributed by atoms with Gasteiger partial charge in [0.05, 0.1) is 18.6 Å². The lowest BCUT2D eigenvalue weighted by Gasteiger charge is -2.14. The van der Waals surface area contributed by atoms with E-state index in [9.17, 15) is 4.39 Å². The summed E-state index contributed by atoms with van der Waals surface area (Å²) in [5.41, 5.74) is 2.05. The van der Waals surface area contributed by atoms with Crippen LogP contribution in [0, 0.1) is 5.82 Å². The van der Waals surface area contributed by atoms with E-state index in [2.05, 4.69) is 5.32 Å². The molecule has 2 aromatic rings. The average molecular weight is 205 g/mol. The minimum absolute atomic E-state index is 0.0457. The van der Waals surface area contributed by atoms with E-state index in [0.29, 0.717) is 0 Å². The molecule has 1 aromatic heterocycles. The zero-order valence-electron chi connectivity index (χ0n) is 8.41. The van der Waals surface area contributed by atoms with Crippen molar-refractivity contribution in [3.8, 4) is 0 Å². The van der Waals surface area contributed by atoms with Crippen LogP contribution in [-0.2, 0) is 0 Å². The van der Waals surface area contributed by atoms with Gasteiger partial charge in [-0.25, -0.2) is 4.39 Å². The fraction of sp³-hybridized carbons (Fsp3) is 0.167. The topological polar surface area (TPSA) is 25.2 Å². The van der Waals surface area contributed by atoms with Crippen molar-refractivity contribution < 1.29 is 8.81 Å². The zero-order chi connectivity index (χ0) is 10.7. The Morgan fingerprint density at radius 1 is 1.13 bits per heavy atom. The quantitative estimate of drug-likeness (QED) is 0.833. The Labute approximate surface area is 87.7 Å². The first-order valence-corrected chi connectivity index (χ1v) is 4.76. The highest BCUT2D eigenvalue weighted by Gasteiger charge is 2.12. The van der Waals surface area contributed by atoms with Crippen molar-refractivity contribution in [1.82, 2.24) is 5.32 Å². The van der Waals surface area contributed by atoms with Gasteiger partial charge in [-0.1, -0.05) is 12.1 Å². The van der Waals surface area contributed by atoms with Crippen LogP contribution in [-0.4, -0.2) is 7.05 Å². The Morgan fingerprint density at radius 2 is 1.87 bits per heavy atom. The van der Waals surface area contributed by atoms with E-state index in [1.807, 2.05) is 13.1 Å². The molecule has 1 heterocycles. The van der Waals surface area contributed by atoms with Crippen LogP contribution in [0.1, 0.15) is 17.2 Å². The fourth-order valence-corrected chi connectivity index (χ4v) is 1.62. The first kappa shape index (κ1) is 9.93. The fourth-order valence-electron chi connectivity index (χ4n) is 1.62. The molecule has 15 heavy (non-hydrogen) atoms. The number of benzene rings is 1. The maximum absolute atomic E-state index is 12.8. The molecule has 0 aliphatic carbocycles. The van der Waals surface area contributed by atoms with Crippen LogP contribution < -0.4 is 5.32 Å². The summed E-state index contributed by atoms with van der Waals surface area (Å²) < 4.78 is 17.8. The van der Waals surface area contributed by atoms with E-state index in [-0.39, 0.29) is 11.9 Å². The van der Waals surface area contributed by atoms with Crippen molar-refractivity contribution in [2.45, 2.75) is 6.04 Å².